The highest BCUT2D eigenvalue weighted by Crippen LogP contribution is 2.49. The predicted molar refractivity (Wildman–Crippen MR) is 186 cm³/mol. The lowest BCUT2D eigenvalue weighted by Crippen LogP contribution is -2.47. The number of benzene rings is 2. The molecule has 2 aromatic carbocycles. The molecular weight excluding hydrogens is 695 g/mol. The van der Waals surface area contributed by atoms with Gasteiger partial charge in [-0.3, -0.25) is 18.9 Å². The number of aromatic nitrogens is 3. The Bertz CT molecular complexity index is 2040. The number of nitrogens with two attached hydrogens (primary N) is 1. The van der Waals surface area contributed by atoms with Crippen LogP contribution in [0.15, 0.2) is 60.9 Å². The van der Waals surface area contributed by atoms with Crippen molar-refractivity contribution in [3.63, 3.8) is 0 Å². The molecule has 0 bridgehead atoms. The molecule has 4 aromatic rings. The molecule has 0 aliphatic carbocycles. The van der Waals surface area contributed by atoms with E-state index in [1.54, 1.807) is 65.0 Å². The molecule has 0 radical (unpaired) electrons. The molecule has 5 rings (SSSR count). The predicted octanol–water partition coefficient (Wildman–Crippen LogP) is 4.46. The normalized spacial score (nSPS) is 21.8. The lowest BCUT2D eigenvalue weighted by molar-refractivity contribution is -0.173. The Morgan fingerprint density at radius 3 is 2.40 bits per heavy atom. The van der Waals surface area contributed by atoms with Crippen molar-refractivity contribution in [1.29, 1.82) is 5.26 Å². The zero-order valence-electron chi connectivity index (χ0n) is 29.5. The number of carbonyl (C=O) groups is 3. The fourth-order valence-electron chi connectivity index (χ4n) is 5.56. The number of anilines is 1. The molecule has 3 heterocycles. The summed E-state index contributed by atoms with van der Waals surface area (Å²) in [5.41, 5.74) is 4.32. The summed E-state index contributed by atoms with van der Waals surface area (Å²) in [6.45, 7) is 8.86. The van der Waals surface area contributed by atoms with E-state index in [-0.39, 0.29) is 23.9 Å². The molecule has 1 aliphatic heterocycles. The van der Waals surface area contributed by atoms with E-state index in [1.165, 1.54) is 23.8 Å². The summed E-state index contributed by atoms with van der Waals surface area (Å²) < 4.78 is 51.3. The molecule has 1 saturated heterocycles. The summed E-state index contributed by atoms with van der Waals surface area (Å²) >= 11 is 0. The van der Waals surface area contributed by atoms with Crippen molar-refractivity contribution in [3.8, 4) is 11.8 Å². The van der Waals surface area contributed by atoms with Gasteiger partial charge in [-0.15, -0.1) is 0 Å². The van der Waals surface area contributed by atoms with Gasteiger partial charge in [0.15, 0.2) is 18.0 Å². The molecule has 3 N–H and O–H groups in total. The molecule has 6 atom stereocenters. The Labute approximate surface area is 300 Å². The highest BCUT2D eigenvalue weighted by molar-refractivity contribution is 7.52. The maximum atomic E-state index is 14.6. The minimum absolute atomic E-state index is 0.0662. The van der Waals surface area contributed by atoms with Crippen molar-refractivity contribution in [1.82, 2.24) is 19.7 Å². The molecule has 17 heteroatoms. The molecule has 0 unspecified atom stereocenters. The summed E-state index contributed by atoms with van der Waals surface area (Å²) in [5.74, 6) is -3.17. The van der Waals surface area contributed by atoms with Gasteiger partial charge in [0, 0.05) is 5.39 Å². The van der Waals surface area contributed by atoms with Crippen molar-refractivity contribution >= 4 is 47.8 Å². The summed E-state index contributed by atoms with van der Waals surface area (Å²) in [5, 5.41) is 19.1. The van der Waals surface area contributed by atoms with E-state index in [9.17, 15) is 24.2 Å². The van der Waals surface area contributed by atoms with Crippen molar-refractivity contribution in [2.75, 3.05) is 18.9 Å². The number of carbonyl (C=O) groups excluding carboxylic acids is 3. The molecule has 2 aromatic heterocycles. The van der Waals surface area contributed by atoms with E-state index in [4.69, 9.17) is 33.7 Å². The molecule has 0 spiro atoms. The van der Waals surface area contributed by atoms with Crippen LogP contribution in [0.5, 0.6) is 5.75 Å². The van der Waals surface area contributed by atoms with Crippen molar-refractivity contribution in [2.24, 2.45) is 11.8 Å². The first-order valence-corrected chi connectivity index (χ1v) is 18.2. The van der Waals surface area contributed by atoms with Gasteiger partial charge in [0.25, 0.3) is 0 Å². The highest BCUT2D eigenvalue weighted by atomic mass is 31.2. The van der Waals surface area contributed by atoms with Crippen LogP contribution in [-0.4, -0.2) is 70.1 Å². The van der Waals surface area contributed by atoms with E-state index in [0.29, 0.717) is 10.9 Å². The Balaban J connectivity index is 1.59. The summed E-state index contributed by atoms with van der Waals surface area (Å²) in [6.07, 6.45) is -3.28. The van der Waals surface area contributed by atoms with Gasteiger partial charge < -0.3 is 29.2 Å². The number of nitrogens with one attached hydrogen (secondary N) is 1. The molecule has 0 amide bonds. The Hall–Kier alpha value is -5.07. The standard InChI is InChI=1S/C35H41N6O10P/c1-7-46-34(44)22(6)40-52(45,51-26-14-10-12-23-11-8-9-13-24(23)26)47-17-27-29(48-32(42)20(2)3)30(49-33(43)21(4)5)35(18-36,50-27)28-16-15-25-31(37)38-19-39-41(25)28/h8-16,19-22,27,29-30H,7,17H2,1-6H3,(H,40,45)(H2,37,38,39)/t22-,27+,29+,30+,35-,52-/m0/s1. The molecule has 0 saturated carbocycles. The molecule has 16 nitrogen and oxygen atoms in total. The molecular formula is C35H41N6O10P. The second-order valence-corrected chi connectivity index (χ2v) is 14.4. The van der Waals surface area contributed by atoms with Gasteiger partial charge in [-0.25, -0.2) is 14.1 Å². The third-order valence-electron chi connectivity index (χ3n) is 8.24. The minimum atomic E-state index is -4.53. The second kappa shape index (κ2) is 15.7. The third-order valence-corrected chi connectivity index (χ3v) is 9.87. The van der Waals surface area contributed by atoms with Crippen LogP contribution in [0, 0.1) is 23.2 Å². The van der Waals surface area contributed by atoms with E-state index in [1.807, 2.05) is 18.2 Å². The number of rotatable bonds is 14. The number of hydrogen-bond acceptors (Lipinski definition) is 14. The van der Waals surface area contributed by atoms with Crippen LogP contribution >= 0.6 is 7.75 Å². The van der Waals surface area contributed by atoms with Crippen LogP contribution in [0.1, 0.15) is 47.2 Å². The van der Waals surface area contributed by atoms with E-state index >= 15 is 0 Å². The molecule has 1 aliphatic rings. The zero-order valence-corrected chi connectivity index (χ0v) is 30.4. The fourth-order valence-corrected chi connectivity index (χ4v) is 7.08. The first kappa shape index (κ1) is 38.2. The SMILES string of the molecule is CCOC(=O)[C@H](C)N[P@](=O)(OC[C@H]1O[C@@](C#N)(c2ccc3c(N)ncnn23)[C@H](OC(=O)C(C)C)[C@@H]1OC(=O)C(C)C)Oc1cccc2ccccc12. The van der Waals surface area contributed by atoms with Gasteiger partial charge in [0.05, 0.1) is 30.7 Å². The largest absolute Gasteiger partial charge is 0.465 e. The minimum Gasteiger partial charge on any atom is -0.465 e. The lowest BCUT2D eigenvalue weighted by atomic mass is 9.92. The first-order chi connectivity index (χ1) is 24.7. The average molecular weight is 737 g/mol. The number of esters is 3. The Kier molecular flexibility index (Phi) is 11.5. The van der Waals surface area contributed by atoms with Crippen LogP contribution in [0.4, 0.5) is 5.82 Å². The van der Waals surface area contributed by atoms with Crippen LogP contribution in [0.2, 0.25) is 0 Å². The Morgan fingerprint density at radius 1 is 1.02 bits per heavy atom. The van der Waals surface area contributed by atoms with Crippen LogP contribution < -0.4 is 15.3 Å². The van der Waals surface area contributed by atoms with Crippen molar-refractivity contribution in [3.05, 3.63) is 66.6 Å². The van der Waals surface area contributed by atoms with Crippen LogP contribution in [0.25, 0.3) is 16.3 Å². The quantitative estimate of drug-likeness (QED) is 0.104. The van der Waals surface area contributed by atoms with Gasteiger partial charge in [-0.1, -0.05) is 64.1 Å². The number of nitrogen functional groups attached to an aromatic ring is 1. The highest BCUT2D eigenvalue weighted by Gasteiger charge is 2.63. The first-order valence-electron chi connectivity index (χ1n) is 16.7. The van der Waals surface area contributed by atoms with Crippen molar-refractivity contribution < 1.29 is 46.9 Å². The van der Waals surface area contributed by atoms with Gasteiger partial charge in [0.2, 0.25) is 5.60 Å². The fraction of sp³-hybridized carbons (Fsp3) is 0.429. The maximum absolute atomic E-state index is 14.6. The van der Waals surface area contributed by atoms with E-state index < -0.39 is 74.1 Å². The van der Waals surface area contributed by atoms with Crippen molar-refractivity contribution in [2.45, 2.75) is 71.5 Å². The van der Waals surface area contributed by atoms with Gasteiger partial charge in [-0.05, 0) is 37.4 Å². The van der Waals surface area contributed by atoms with E-state index in [0.717, 1.165) is 5.39 Å². The monoisotopic (exact) mass is 736 g/mol. The zero-order chi connectivity index (χ0) is 37.8. The lowest BCUT2D eigenvalue weighted by Gasteiger charge is -2.29. The number of nitrogens with zero attached hydrogens (tertiary/aromatic N) is 4. The van der Waals surface area contributed by atoms with Gasteiger partial charge >= 0.3 is 25.7 Å². The molecule has 276 valence electrons. The second-order valence-electron chi connectivity index (χ2n) is 12.7. The average Bonchev–Trinajstić information content (AvgIpc) is 3.68. The third kappa shape index (κ3) is 7.73. The summed E-state index contributed by atoms with van der Waals surface area (Å²) in [6, 6.07) is 16.3. The van der Waals surface area contributed by atoms with Crippen LogP contribution in [0.3, 0.4) is 0 Å². The Morgan fingerprint density at radius 2 is 1.71 bits per heavy atom. The number of ether oxygens (including phenoxy) is 4. The smallest absolute Gasteiger partial charge is 0.459 e. The van der Waals surface area contributed by atoms with E-state index in [2.05, 4.69) is 21.2 Å². The number of hydrogen-bond donors (Lipinski definition) is 2. The number of fused-ring (bicyclic) bond motifs is 2. The molecule has 52 heavy (non-hydrogen) atoms. The summed E-state index contributed by atoms with van der Waals surface area (Å²) in [7, 11) is -4.53. The number of nitriles is 1. The maximum Gasteiger partial charge on any atom is 0.459 e. The van der Waals surface area contributed by atoms with Gasteiger partial charge in [0.1, 0.15) is 35.8 Å². The molecule has 1 fully saturated rings. The topological polar surface area (TPSA) is 216 Å². The van der Waals surface area contributed by atoms with Crippen LogP contribution in [-0.2, 0) is 48.0 Å². The summed E-state index contributed by atoms with van der Waals surface area (Å²) in [4.78, 5) is 43.0. The van der Waals surface area contributed by atoms with Gasteiger partial charge in [-0.2, -0.15) is 15.4 Å².